The normalized spacial score (nSPS) is 14.2. The van der Waals surface area contributed by atoms with Crippen molar-refractivity contribution in [2.75, 3.05) is 20.0 Å². The molecule has 3 aromatic carbocycles. The van der Waals surface area contributed by atoms with Crippen LogP contribution in [0, 0.1) is 0 Å². The van der Waals surface area contributed by atoms with E-state index in [0.29, 0.717) is 41.0 Å². The van der Waals surface area contributed by atoms with Crippen LogP contribution in [-0.2, 0) is 17.9 Å². The largest absolute Gasteiger partial charge is 0.493 e. The highest BCUT2D eigenvalue weighted by Crippen LogP contribution is 2.42. The number of benzene rings is 3. The summed E-state index contributed by atoms with van der Waals surface area (Å²) in [6, 6.07) is 28.2. The molecule has 1 atom stereocenters. The lowest BCUT2D eigenvalue weighted by molar-refractivity contribution is -0.130. The first-order valence-corrected chi connectivity index (χ1v) is 16.5. The zero-order chi connectivity index (χ0) is 31.9. The van der Waals surface area contributed by atoms with Crippen LogP contribution in [0.4, 0.5) is 0 Å². The lowest BCUT2D eigenvalue weighted by Crippen LogP contribution is -2.29. The maximum absolute atomic E-state index is 13.9. The van der Waals surface area contributed by atoms with Gasteiger partial charge in [-0.2, -0.15) is 5.10 Å². The molecule has 1 aliphatic heterocycles. The lowest BCUT2D eigenvalue weighted by Gasteiger charge is -2.24. The Morgan fingerprint density at radius 2 is 1.72 bits per heavy atom. The fourth-order valence-electron chi connectivity index (χ4n) is 5.27. The molecule has 0 saturated heterocycles. The molecule has 0 spiro atoms. The van der Waals surface area contributed by atoms with E-state index in [1.165, 1.54) is 11.8 Å². The Labute approximate surface area is 275 Å². The number of nitrogens with zero attached hydrogens (tertiary/aromatic N) is 5. The number of para-hydroxylation sites is 1. The van der Waals surface area contributed by atoms with Crippen molar-refractivity contribution in [1.29, 1.82) is 0 Å². The second-order valence-corrected chi connectivity index (χ2v) is 12.3. The Balaban J connectivity index is 1.24. The maximum atomic E-state index is 13.9. The van der Waals surface area contributed by atoms with Gasteiger partial charge in [-0.15, -0.1) is 21.5 Å². The third-order valence-electron chi connectivity index (χ3n) is 7.51. The van der Waals surface area contributed by atoms with Crippen molar-refractivity contribution >= 4 is 40.6 Å². The van der Waals surface area contributed by atoms with Crippen LogP contribution in [0.25, 0.3) is 0 Å². The number of hydrazone groups is 1. The zero-order valence-corrected chi connectivity index (χ0v) is 27.0. The van der Waals surface area contributed by atoms with E-state index in [-0.39, 0.29) is 30.2 Å². The van der Waals surface area contributed by atoms with Gasteiger partial charge in [-0.25, -0.2) is 5.01 Å². The van der Waals surface area contributed by atoms with E-state index in [4.69, 9.17) is 14.6 Å². The summed E-state index contributed by atoms with van der Waals surface area (Å²) in [7, 11) is 3.19. The number of ether oxygens (including phenoxy) is 2. The number of hydrogen-bond donors (Lipinski definition) is 1. The Morgan fingerprint density at radius 1 is 0.935 bits per heavy atom. The van der Waals surface area contributed by atoms with Gasteiger partial charge >= 0.3 is 0 Å². The zero-order valence-electron chi connectivity index (χ0n) is 25.3. The van der Waals surface area contributed by atoms with E-state index in [9.17, 15) is 9.59 Å². The molecule has 2 aromatic heterocycles. The summed E-state index contributed by atoms with van der Waals surface area (Å²) in [6.45, 7) is 0.662. The van der Waals surface area contributed by atoms with Crippen LogP contribution in [0.5, 0.6) is 11.5 Å². The van der Waals surface area contributed by atoms with Crippen molar-refractivity contribution in [2.45, 2.75) is 30.7 Å². The SMILES string of the molecule is COc1cccc([C@@H]2CC(c3cccs3)=NN2C(=O)CSc2nnc(CNC(=O)c3ccccc3)n2Cc2ccccc2)c1OC. The van der Waals surface area contributed by atoms with Crippen LogP contribution >= 0.6 is 23.1 Å². The molecular formula is C34H32N6O4S2. The van der Waals surface area contributed by atoms with Gasteiger partial charge in [0.05, 0.1) is 49.7 Å². The van der Waals surface area contributed by atoms with Crippen molar-refractivity contribution in [2.24, 2.45) is 5.10 Å². The molecule has 1 N–H and O–H groups in total. The van der Waals surface area contributed by atoms with Gasteiger partial charge in [0, 0.05) is 17.5 Å². The molecule has 0 aliphatic carbocycles. The van der Waals surface area contributed by atoms with Gasteiger partial charge < -0.3 is 19.4 Å². The van der Waals surface area contributed by atoms with Gasteiger partial charge in [-0.3, -0.25) is 9.59 Å². The summed E-state index contributed by atoms with van der Waals surface area (Å²) in [5.74, 6) is 1.44. The molecule has 10 nitrogen and oxygen atoms in total. The van der Waals surface area contributed by atoms with E-state index < -0.39 is 0 Å². The Kier molecular flexibility index (Phi) is 9.75. The number of nitrogens with one attached hydrogen (secondary N) is 1. The second kappa shape index (κ2) is 14.4. The smallest absolute Gasteiger partial charge is 0.253 e. The van der Waals surface area contributed by atoms with Crippen molar-refractivity contribution in [3.63, 3.8) is 0 Å². The number of carbonyl (C=O) groups excluding carboxylic acids is 2. The predicted molar refractivity (Wildman–Crippen MR) is 179 cm³/mol. The van der Waals surface area contributed by atoms with Crippen molar-refractivity contribution < 1.29 is 19.1 Å². The van der Waals surface area contributed by atoms with E-state index >= 15 is 0 Å². The van der Waals surface area contributed by atoms with E-state index in [0.717, 1.165) is 21.7 Å². The molecule has 5 aromatic rings. The highest BCUT2D eigenvalue weighted by atomic mass is 32.2. The van der Waals surface area contributed by atoms with Gasteiger partial charge in [-0.1, -0.05) is 78.5 Å². The molecule has 0 bridgehead atoms. The average Bonchev–Trinajstić information content (AvgIpc) is 3.87. The number of thioether (sulfide) groups is 1. The van der Waals surface area contributed by atoms with Gasteiger partial charge in [-0.05, 0) is 35.2 Å². The Bertz CT molecular complexity index is 1830. The monoisotopic (exact) mass is 652 g/mol. The molecule has 1 aliphatic rings. The van der Waals surface area contributed by atoms with Crippen molar-refractivity contribution in [3.05, 3.63) is 124 Å². The fraction of sp³-hybridized carbons (Fsp3) is 0.206. The molecule has 3 heterocycles. The summed E-state index contributed by atoms with van der Waals surface area (Å²) in [4.78, 5) is 27.7. The Hall–Kier alpha value is -4.94. The predicted octanol–water partition coefficient (Wildman–Crippen LogP) is 5.81. The summed E-state index contributed by atoms with van der Waals surface area (Å²) in [5.41, 5.74) is 3.26. The molecule has 12 heteroatoms. The number of thiophene rings is 1. The molecule has 234 valence electrons. The van der Waals surface area contributed by atoms with Crippen LogP contribution in [0.2, 0.25) is 0 Å². The highest BCUT2D eigenvalue weighted by molar-refractivity contribution is 7.99. The quantitative estimate of drug-likeness (QED) is 0.170. The second-order valence-electron chi connectivity index (χ2n) is 10.4. The van der Waals surface area contributed by atoms with E-state index in [1.54, 1.807) is 42.7 Å². The van der Waals surface area contributed by atoms with Crippen molar-refractivity contribution in [1.82, 2.24) is 25.1 Å². The number of rotatable bonds is 12. The first-order valence-electron chi connectivity index (χ1n) is 14.6. The minimum absolute atomic E-state index is 0.0767. The standard InChI is InChI=1S/C34H32N6O4S2/c1-43-28-16-9-15-25(32(28)44-2)27-19-26(29-17-10-18-45-29)38-40(27)31(41)22-46-34-37-36-30(39(34)21-23-11-5-3-6-12-23)20-35-33(42)24-13-7-4-8-14-24/h3-18,27H,19-22H2,1-2H3,(H,35,42)/t27-/m0/s1. The van der Waals surface area contributed by atoms with Crippen molar-refractivity contribution in [3.8, 4) is 11.5 Å². The molecule has 6 rings (SSSR count). The molecule has 46 heavy (non-hydrogen) atoms. The number of amides is 2. The van der Waals surface area contributed by atoms with Crippen LogP contribution in [0.1, 0.15) is 44.6 Å². The highest BCUT2D eigenvalue weighted by Gasteiger charge is 2.36. The minimum atomic E-state index is -0.374. The molecular weight excluding hydrogens is 621 g/mol. The Morgan fingerprint density at radius 3 is 2.43 bits per heavy atom. The third kappa shape index (κ3) is 6.82. The first-order chi connectivity index (χ1) is 22.6. The number of methoxy groups -OCH3 is 2. The van der Waals surface area contributed by atoms with Gasteiger partial charge in [0.25, 0.3) is 11.8 Å². The number of aromatic nitrogens is 3. The van der Waals surface area contributed by atoms with Crippen LogP contribution < -0.4 is 14.8 Å². The summed E-state index contributed by atoms with van der Waals surface area (Å²) < 4.78 is 13.2. The molecule has 0 unspecified atom stereocenters. The van der Waals surface area contributed by atoms with Gasteiger partial charge in [0.15, 0.2) is 22.5 Å². The fourth-order valence-corrected chi connectivity index (χ4v) is 6.80. The van der Waals surface area contributed by atoms with E-state index in [2.05, 4.69) is 15.5 Å². The lowest BCUT2D eigenvalue weighted by atomic mass is 9.99. The van der Waals surface area contributed by atoms with Gasteiger partial charge in [0.1, 0.15) is 0 Å². The number of hydrogen-bond acceptors (Lipinski definition) is 9. The van der Waals surface area contributed by atoms with Crippen LogP contribution in [0.3, 0.4) is 0 Å². The topological polar surface area (TPSA) is 111 Å². The summed E-state index contributed by atoms with van der Waals surface area (Å²) in [6.07, 6.45) is 0.538. The van der Waals surface area contributed by atoms with Crippen LogP contribution in [-0.4, -0.2) is 57.3 Å². The van der Waals surface area contributed by atoms with E-state index in [1.807, 2.05) is 88.8 Å². The minimum Gasteiger partial charge on any atom is -0.493 e. The summed E-state index contributed by atoms with van der Waals surface area (Å²) in [5, 5.41) is 20.7. The molecule has 2 amide bonds. The average molecular weight is 653 g/mol. The summed E-state index contributed by atoms with van der Waals surface area (Å²) >= 11 is 2.88. The first kappa shape index (κ1) is 31.1. The molecule has 0 fully saturated rings. The molecule has 0 saturated carbocycles. The molecule has 0 radical (unpaired) electrons. The van der Waals surface area contributed by atoms with Crippen LogP contribution in [0.15, 0.2) is 107 Å². The maximum Gasteiger partial charge on any atom is 0.253 e. The van der Waals surface area contributed by atoms with Gasteiger partial charge in [0.2, 0.25) is 0 Å². The number of carbonyl (C=O) groups is 2. The third-order valence-corrected chi connectivity index (χ3v) is 9.38.